The second-order valence-corrected chi connectivity index (χ2v) is 5.37. The molecule has 1 amide bonds. The highest BCUT2D eigenvalue weighted by Gasteiger charge is 2.54. The number of hydrogen-bond donors (Lipinski definition) is 0. The van der Waals surface area contributed by atoms with Crippen LogP contribution in [0.2, 0.25) is 0 Å². The number of esters is 1. The number of fused-ring (bicyclic) bond motifs is 1. The van der Waals surface area contributed by atoms with E-state index in [0.717, 1.165) is 12.2 Å². The maximum absolute atomic E-state index is 11.6. The lowest BCUT2D eigenvalue weighted by atomic mass is 10.0. The Morgan fingerprint density at radius 2 is 2.40 bits per heavy atom. The minimum Gasteiger partial charge on any atom is -0.467 e. The van der Waals surface area contributed by atoms with Crippen molar-refractivity contribution in [2.24, 2.45) is 0 Å². The van der Waals surface area contributed by atoms with Crippen LogP contribution in [0.25, 0.3) is 0 Å². The third-order valence-corrected chi connectivity index (χ3v) is 4.28. The molecular weight excluding hydrogens is 214 g/mol. The van der Waals surface area contributed by atoms with Crippen LogP contribution < -0.4 is 0 Å². The summed E-state index contributed by atoms with van der Waals surface area (Å²) in [6, 6.07) is -0.0585. The van der Waals surface area contributed by atoms with Gasteiger partial charge >= 0.3 is 5.97 Å². The van der Waals surface area contributed by atoms with E-state index < -0.39 is 0 Å². The molecule has 0 radical (unpaired) electrons. The number of β-lactam (4-membered cyclic amide) rings is 1. The molecule has 84 valence electrons. The molecule has 4 nitrogen and oxygen atoms in total. The molecule has 2 saturated heterocycles. The van der Waals surface area contributed by atoms with Crippen LogP contribution in [0.1, 0.15) is 19.8 Å². The number of carbonyl (C=O) groups is 2. The Morgan fingerprint density at radius 3 is 2.93 bits per heavy atom. The maximum atomic E-state index is 11.6. The van der Waals surface area contributed by atoms with Crippen molar-refractivity contribution in [2.45, 2.75) is 37.1 Å². The minimum absolute atomic E-state index is 0.0922. The lowest BCUT2D eigenvalue weighted by molar-refractivity contribution is -0.158. The summed E-state index contributed by atoms with van der Waals surface area (Å²) in [5.41, 5.74) is 0. The zero-order valence-electron chi connectivity index (χ0n) is 8.93. The number of carbonyl (C=O) groups excluding carboxylic acids is 2. The van der Waals surface area contributed by atoms with Gasteiger partial charge in [-0.3, -0.25) is 4.79 Å². The highest BCUT2D eigenvalue weighted by Crippen LogP contribution is 2.41. The highest BCUT2D eigenvalue weighted by molar-refractivity contribution is 7.99. The number of hydrogen-bond acceptors (Lipinski definition) is 4. The fourth-order valence-corrected chi connectivity index (χ4v) is 3.62. The van der Waals surface area contributed by atoms with Gasteiger partial charge in [0, 0.05) is 17.7 Å². The first-order valence-corrected chi connectivity index (χ1v) is 6.24. The molecule has 5 heteroatoms. The van der Waals surface area contributed by atoms with Gasteiger partial charge in [-0.05, 0) is 12.2 Å². The fourth-order valence-electron chi connectivity index (χ4n) is 2.41. The molecule has 0 aromatic heterocycles. The fraction of sp³-hybridized carbons (Fsp3) is 0.800. The monoisotopic (exact) mass is 229 g/mol. The van der Waals surface area contributed by atoms with E-state index in [1.54, 1.807) is 16.7 Å². The second-order valence-electron chi connectivity index (χ2n) is 3.86. The van der Waals surface area contributed by atoms with E-state index in [1.165, 1.54) is 7.11 Å². The van der Waals surface area contributed by atoms with Gasteiger partial charge in [-0.25, -0.2) is 4.79 Å². The Morgan fingerprint density at radius 1 is 1.67 bits per heavy atom. The van der Waals surface area contributed by atoms with Crippen LogP contribution in [0, 0.1) is 0 Å². The lowest BCUT2D eigenvalue weighted by Crippen LogP contribution is -2.55. The maximum Gasteiger partial charge on any atom is 0.329 e. The third kappa shape index (κ3) is 1.62. The number of rotatable bonds is 3. The van der Waals surface area contributed by atoms with E-state index in [1.807, 2.05) is 0 Å². The van der Waals surface area contributed by atoms with Crippen LogP contribution in [-0.4, -0.2) is 47.0 Å². The molecule has 0 spiro atoms. The van der Waals surface area contributed by atoms with Crippen molar-refractivity contribution in [3.63, 3.8) is 0 Å². The Labute approximate surface area is 93.3 Å². The average molecular weight is 229 g/mol. The SMILES string of the molecule is CCSC1CC2CC(=O)N2C1C(=O)OC. The normalized spacial score (nSPS) is 33.6. The molecule has 0 aliphatic carbocycles. The van der Waals surface area contributed by atoms with Crippen molar-refractivity contribution in [3.05, 3.63) is 0 Å². The van der Waals surface area contributed by atoms with Crippen LogP contribution in [0.15, 0.2) is 0 Å². The van der Waals surface area contributed by atoms with Gasteiger partial charge in [0.25, 0.3) is 0 Å². The topological polar surface area (TPSA) is 46.6 Å². The highest BCUT2D eigenvalue weighted by atomic mass is 32.2. The Kier molecular flexibility index (Phi) is 2.91. The summed E-state index contributed by atoms with van der Waals surface area (Å²) in [6.45, 7) is 2.07. The molecule has 3 atom stereocenters. The van der Waals surface area contributed by atoms with Crippen molar-refractivity contribution in [2.75, 3.05) is 12.9 Å². The van der Waals surface area contributed by atoms with Gasteiger partial charge in [0.05, 0.1) is 7.11 Å². The molecule has 2 rings (SSSR count). The molecule has 0 saturated carbocycles. The first kappa shape index (κ1) is 10.8. The first-order chi connectivity index (χ1) is 7.19. The van der Waals surface area contributed by atoms with Crippen molar-refractivity contribution >= 4 is 23.6 Å². The van der Waals surface area contributed by atoms with Crippen molar-refractivity contribution < 1.29 is 14.3 Å². The molecule has 0 N–H and O–H groups in total. The number of thioether (sulfide) groups is 1. The third-order valence-electron chi connectivity index (χ3n) is 3.07. The van der Waals surface area contributed by atoms with Crippen molar-refractivity contribution in [1.29, 1.82) is 0 Å². The number of methoxy groups -OCH3 is 1. The quantitative estimate of drug-likeness (QED) is 0.527. The van der Waals surface area contributed by atoms with Crippen LogP contribution >= 0.6 is 11.8 Å². The summed E-state index contributed by atoms with van der Waals surface area (Å²) in [7, 11) is 1.38. The Hall–Kier alpha value is -0.710. The van der Waals surface area contributed by atoms with Gasteiger partial charge in [0.15, 0.2) is 0 Å². The summed E-state index contributed by atoms with van der Waals surface area (Å²) in [5, 5.41) is 0.221. The van der Waals surface area contributed by atoms with Crippen molar-refractivity contribution in [3.8, 4) is 0 Å². The summed E-state index contributed by atoms with van der Waals surface area (Å²) in [6.07, 6.45) is 1.54. The van der Waals surface area contributed by atoms with Gasteiger partial charge in [-0.2, -0.15) is 11.8 Å². The molecular formula is C10H15NO3S. The van der Waals surface area contributed by atoms with Crippen LogP contribution in [-0.2, 0) is 14.3 Å². The molecule has 2 aliphatic heterocycles. The molecule has 0 aromatic carbocycles. The zero-order valence-corrected chi connectivity index (χ0v) is 9.75. The molecule has 0 aromatic rings. The van der Waals surface area contributed by atoms with Gasteiger partial charge in [0.2, 0.25) is 5.91 Å². The first-order valence-electron chi connectivity index (χ1n) is 5.19. The molecule has 2 fully saturated rings. The van der Waals surface area contributed by atoms with Gasteiger partial charge in [-0.1, -0.05) is 6.92 Å². The molecule has 15 heavy (non-hydrogen) atoms. The predicted octanol–water partition coefficient (Wildman–Crippen LogP) is 0.654. The van der Waals surface area contributed by atoms with Crippen LogP contribution in [0.4, 0.5) is 0 Å². The van der Waals surface area contributed by atoms with Crippen LogP contribution in [0.5, 0.6) is 0 Å². The minimum atomic E-state index is -0.341. The van der Waals surface area contributed by atoms with E-state index in [0.29, 0.717) is 6.42 Å². The molecule has 2 heterocycles. The average Bonchev–Trinajstić information content (AvgIpc) is 2.50. The van der Waals surface area contributed by atoms with E-state index in [9.17, 15) is 9.59 Å². The van der Waals surface area contributed by atoms with E-state index in [2.05, 4.69) is 6.92 Å². The number of ether oxygens (including phenoxy) is 1. The second kappa shape index (κ2) is 4.04. The molecule has 2 aliphatic rings. The summed E-state index contributed by atoms with van der Waals surface area (Å²) in [4.78, 5) is 24.7. The van der Waals surface area contributed by atoms with E-state index in [-0.39, 0.29) is 29.2 Å². The summed E-state index contributed by atoms with van der Waals surface area (Å²) in [5.74, 6) is 0.790. The van der Waals surface area contributed by atoms with Gasteiger partial charge in [-0.15, -0.1) is 0 Å². The van der Waals surface area contributed by atoms with Crippen LogP contribution in [0.3, 0.4) is 0 Å². The van der Waals surface area contributed by atoms with Gasteiger partial charge in [0.1, 0.15) is 6.04 Å². The standard InChI is InChI=1S/C10H15NO3S/c1-3-15-7-4-6-5-8(12)11(6)9(7)10(13)14-2/h6-7,9H,3-5H2,1-2H3. The Balaban J connectivity index is 2.13. The lowest BCUT2D eigenvalue weighted by Gasteiger charge is -2.37. The molecule has 3 unspecified atom stereocenters. The largest absolute Gasteiger partial charge is 0.467 e. The Bertz CT molecular complexity index is 294. The smallest absolute Gasteiger partial charge is 0.329 e. The summed E-state index contributed by atoms with van der Waals surface area (Å²) >= 11 is 1.75. The number of amides is 1. The molecule has 0 bridgehead atoms. The zero-order chi connectivity index (χ0) is 11.0. The summed E-state index contributed by atoms with van der Waals surface area (Å²) < 4.78 is 4.77. The van der Waals surface area contributed by atoms with Gasteiger partial charge < -0.3 is 9.64 Å². The van der Waals surface area contributed by atoms with E-state index in [4.69, 9.17) is 4.74 Å². The number of nitrogens with zero attached hydrogens (tertiary/aromatic N) is 1. The predicted molar refractivity (Wildman–Crippen MR) is 57.6 cm³/mol. The van der Waals surface area contributed by atoms with E-state index >= 15 is 0 Å². The van der Waals surface area contributed by atoms with Crippen molar-refractivity contribution in [1.82, 2.24) is 4.90 Å².